The minimum absolute atomic E-state index is 0.0636. The lowest BCUT2D eigenvalue weighted by atomic mass is 10.00. The highest BCUT2D eigenvalue weighted by Crippen LogP contribution is 2.44. The zero-order valence-electron chi connectivity index (χ0n) is 11.1. The molecule has 19 heavy (non-hydrogen) atoms. The van der Waals surface area contributed by atoms with E-state index in [4.69, 9.17) is 0 Å². The summed E-state index contributed by atoms with van der Waals surface area (Å²) >= 11 is 3.15. The first-order chi connectivity index (χ1) is 8.99. The standard InChI is InChI=1S/C13H18BrNO4/c1-3-7-4-8-9(5-7)12(17)15(11(8)16)6-10(14)13(18)19-2/h7-10H,3-6H2,1-2H3. The summed E-state index contributed by atoms with van der Waals surface area (Å²) in [5, 5.41) is 0. The molecule has 6 heteroatoms. The molecular formula is C13H18BrNO4. The summed E-state index contributed by atoms with van der Waals surface area (Å²) in [4.78, 5) is 36.4. The van der Waals surface area contributed by atoms with Crippen LogP contribution in [0, 0.1) is 17.8 Å². The first kappa shape index (κ1) is 14.5. The molecule has 2 rings (SSSR count). The van der Waals surface area contributed by atoms with Gasteiger partial charge in [0.05, 0.1) is 25.5 Å². The van der Waals surface area contributed by atoms with Gasteiger partial charge in [-0.2, -0.15) is 0 Å². The normalized spacial score (nSPS) is 31.5. The summed E-state index contributed by atoms with van der Waals surface area (Å²) in [7, 11) is 1.28. The number of esters is 1. The maximum atomic E-state index is 12.2. The van der Waals surface area contributed by atoms with Crippen molar-refractivity contribution in [2.75, 3.05) is 13.7 Å². The molecule has 0 N–H and O–H groups in total. The molecule has 0 aromatic carbocycles. The van der Waals surface area contributed by atoms with Gasteiger partial charge < -0.3 is 4.74 Å². The highest BCUT2D eigenvalue weighted by molar-refractivity contribution is 9.10. The predicted molar refractivity (Wildman–Crippen MR) is 71.4 cm³/mol. The van der Waals surface area contributed by atoms with Gasteiger partial charge in [0.15, 0.2) is 0 Å². The summed E-state index contributed by atoms with van der Waals surface area (Å²) in [6, 6.07) is 0. The summed E-state index contributed by atoms with van der Waals surface area (Å²) in [6.07, 6.45) is 2.61. The number of likely N-dealkylation sites (tertiary alicyclic amines) is 1. The average molecular weight is 332 g/mol. The molecule has 1 saturated heterocycles. The molecule has 0 aromatic heterocycles. The van der Waals surface area contributed by atoms with Gasteiger partial charge in [0.25, 0.3) is 0 Å². The number of imide groups is 1. The van der Waals surface area contributed by atoms with Crippen LogP contribution in [0.4, 0.5) is 0 Å². The quantitative estimate of drug-likeness (QED) is 0.443. The van der Waals surface area contributed by atoms with Gasteiger partial charge in [0.2, 0.25) is 11.8 Å². The van der Waals surface area contributed by atoms with Crippen molar-refractivity contribution < 1.29 is 19.1 Å². The third-order valence-corrected chi connectivity index (χ3v) is 4.87. The predicted octanol–water partition coefficient (Wildman–Crippen LogP) is 1.34. The topological polar surface area (TPSA) is 63.7 Å². The molecule has 2 aliphatic rings. The third kappa shape index (κ3) is 2.55. The van der Waals surface area contributed by atoms with Crippen LogP contribution in [0.1, 0.15) is 26.2 Å². The first-order valence-electron chi connectivity index (χ1n) is 6.56. The number of hydrogen-bond donors (Lipinski definition) is 0. The molecule has 0 radical (unpaired) electrons. The fourth-order valence-corrected chi connectivity index (χ4v) is 3.55. The Morgan fingerprint density at radius 1 is 1.37 bits per heavy atom. The van der Waals surface area contributed by atoms with Crippen LogP contribution in [0.3, 0.4) is 0 Å². The Morgan fingerprint density at radius 2 is 1.89 bits per heavy atom. The molecule has 2 amide bonds. The van der Waals surface area contributed by atoms with Crippen LogP contribution in [-0.4, -0.2) is 41.2 Å². The summed E-state index contributed by atoms with van der Waals surface area (Å²) in [6.45, 7) is 2.15. The Bertz CT molecular complexity index is 387. The summed E-state index contributed by atoms with van der Waals surface area (Å²) in [5.41, 5.74) is 0. The molecule has 0 spiro atoms. The van der Waals surface area contributed by atoms with Crippen LogP contribution in [0.5, 0.6) is 0 Å². The molecule has 0 aromatic rings. The van der Waals surface area contributed by atoms with Crippen LogP contribution >= 0.6 is 15.9 Å². The van der Waals surface area contributed by atoms with Crippen molar-refractivity contribution in [1.82, 2.24) is 4.90 Å². The summed E-state index contributed by atoms with van der Waals surface area (Å²) < 4.78 is 4.59. The number of hydrogen-bond acceptors (Lipinski definition) is 4. The molecule has 106 valence electrons. The molecule has 1 heterocycles. The molecule has 2 fully saturated rings. The monoisotopic (exact) mass is 331 g/mol. The van der Waals surface area contributed by atoms with Crippen molar-refractivity contribution in [3.63, 3.8) is 0 Å². The van der Waals surface area contributed by atoms with E-state index in [1.165, 1.54) is 12.0 Å². The molecule has 0 bridgehead atoms. The minimum atomic E-state index is -0.647. The van der Waals surface area contributed by atoms with E-state index in [0.29, 0.717) is 5.92 Å². The van der Waals surface area contributed by atoms with E-state index in [1.807, 2.05) is 0 Å². The van der Waals surface area contributed by atoms with E-state index in [1.54, 1.807) is 0 Å². The number of ether oxygens (including phenoxy) is 1. The van der Waals surface area contributed by atoms with E-state index in [-0.39, 0.29) is 30.2 Å². The number of halogens is 1. The smallest absolute Gasteiger partial charge is 0.321 e. The maximum Gasteiger partial charge on any atom is 0.321 e. The fourth-order valence-electron chi connectivity index (χ4n) is 3.07. The zero-order chi connectivity index (χ0) is 14.2. The van der Waals surface area contributed by atoms with Crippen molar-refractivity contribution >= 4 is 33.7 Å². The van der Waals surface area contributed by atoms with Crippen LogP contribution in [0.2, 0.25) is 0 Å². The van der Waals surface area contributed by atoms with Gasteiger partial charge in [-0.15, -0.1) is 0 Å². The van der Waals surface area contributed by atoms with Gasteiger partial charge in [0, 0.05) is 0 Å². The fraction of sp³-hybridized carbons (Fsp3) is 0.769. The second-order valence-corrected chi connectivity index (χ2v) is 6.34. The first-order valence-corrected chi connectivity index (χ1v) is 7.48. The SMILES string of the molecule is CCC1CC2C(=O)N(CC(Br)C(=O)OC)C(=O)C2C1. The van der Waals surface area contributed by atoms with E-state index in [0.717, 1.165) is 19.3 Å². The third-order valence-electron chi connectivity index (χ3n) is 4.20. The lowest BCUT2D eigenvalue weighted by Crippen LogP contribution is -2.39. The van der Waals surface area contributed by atoms with Crippen molar-refractivity contribution in [3.8, 4) is 0 Å². The molecule has 1 aliphatic carbocycles. The number of carbonyl (C=O) groups excluding carboxylic acids is 3. The Kier molecular flexibility index (Phi) is 4.28. The van der Waals surface area contributed by atoms with Crippen LogP contribution in [0.25, 0.3) is 0 Å². The lowest BCUT2D eigenvalue weighted by molar-refractivity contribution is -0.143. The van der Waals surface area contributed by atoms with Crippen LogP contribution < -0.4 is 0 Å². The van der Waals surface area contributed by atoms with E-state index in [9.17, 15) is 14.4 Å². The average Bonchev–Trinajstić information content (AvgIpc) is 2.93. The molecular weight excluding hydrogens is 314 g/mol. The van der Waals surface area contributed by atoms with Crippen molar-refractivity contribution in [2.24, 2.45) is 17.8 Å². The van der Waals surface area contributed by atoms with E-state index in [2.05, 4.69) is 27.6 Å². The van der Waals surface area contributed by atoms with Gasteiger partial charge in [-0.3, -0.25) is 19.3 Å². The number of nitrogens with zero attached hydrogens (tertiary/aromatic N) is 1. The number of rotatable bonds is 4. The Labute approximate surface area is 120 Å². The van der Waals surface area contributed by atoms with Gasteiger partial charge in [-0.1, -0.05) is 29.3 Å². The second kappa shape index (κ2) is 5.61. The highest BCUT2D eigenvalue weighted by atomic mass is 79.9. The van der Waals surface area contributed by atoms with Gasteiger partial charge >= 0.3 is 5.97 Å². The molecule has 1 aliphatic heterocycles. The van der Waals surface area contributed by atoms with E-state index < -0.39 is 10.8 Å². The van der Waals surface area contributed by atoms with Crippen molar-refractivity contribution in [2.45, 2.75) is 31.0 Å². The Morgan fingerprint density at radius 3 is 2.32 bits per heavy atom. The molecule has 3 atom stereocenters. The molecule has 5 nitrogen and oxygen atoms in total. The van der Waals surface area contributed by atoms with Crippen molar-refractivity contribution in [1.29, 1.82) is 0 Å². The lowest BCUT2D eigenvalue weighted by Gasteiger charge is -2.19. The number of carbonyl (C=O) groups is 3. The van der Waals surface area contributed by atoms with Gasteiger partial charge in [0.1, 0.15) is 4.83 Å². The molecule has 3 unspecified atom stereocenters. The van der Waals surface area contributed by atoms with Crippen LogP contribution in [-0.2, 0) is 19.1 Å². The largest absolute Gasteiger partial charge is 0.468 e. The number of methoxy groups -OCH3 is 1. The zero-order valence-corrected chi connectivity index (χ0v) is 12.7. The summed E-state index contributed by atoms with van der Waals surface area (Å²) in [5.74, 6) is -0.585. The van der Waals surface area contributed by atoms with Crippen LogP contribution in [0.15, 0.2) is 0 Å². The van der Waals surface area contributed by atoms with Crippen molar-refractivity contribution in [3.05, 3.63) is 0 Å². The highest BCUT2D eigenvalue weighted by Gasteiger charge is 2.52. The van der Waals surface area contributed by atoms with Gasteiger partial charge in [-0.05, 0) is 18.8 Å². The number of alkyl halides is 1. The maximum absolute atomic E-state index is 12.2. The minimum Gasteiger partial charge on any atom is -0.468 e. The van der Waals surface area contributed by atoms with Gasteiger partial charge in [-0.25, -0.2) is 0 Å². The number of amides is 2. The Balaban J connectivity index is 2.04. The molecule has 1 saturated carbocycles. The Hall–Kier alpha value is -0.910. The second-order valence-electron chi connectivity index (χ2n) is 5.24. The van der Waals surface area contributed by atoms with E-state index >= 15 is 0 Å². The number of fused-ring (bicyclic) bond motifs is 1.